The molecule has 0 unspecified atom stereocenters. The second-order valence-corrected chi connectivity index (χ2v) is 6.50. The van der Waals surface area contributed by atoms with Crippen LogP contribution in [0.4, 0.5) is 0 Å². The maximum atomic E-state index is 12.0. The molecule has 0 saturated carbocycles. The fraction of sp³-hybridized carbons (Fsp3) is 0.0952. The number of nitrogens with one attached hydrogen (secondary N) is 2. The third-order valence-electron chi connectivity index (χ3n) is 4.75. The number of H-pyrrole nitrogens is 1. The van der Waals surface area contributed by atoms with Crippen LogP contribution in [-0.2, 0) is 6.42 Å². The maximum absolute atomic E-state index is 12.0. The van der Waals surface area contributed by atoms with Crippen LogP contribution in [0.2, 0.25) is 0 Å². The van der Waals surface area contributed by atoms with Gasteiger partial charge in [-0.25, -0.2) is 9.67 Å². The normalized spacial score (nSPS) is 13.3. The van der Waals surface area contributed by atoms with Crippen molar-refractivity contribution in [3.63, 3.8) is 0 Å². The van der Waals surface area contributed by atoms with Crippen LogP contribution in [-0.4, -0.2) is 32.2 Å². The Bertz CT molecular complexity index is 1130. The van der Waals surface area contributed by atoms with E-state index in [9.17, 15) is 4.79 Å². The molecule has 6 heteroatoms. The van der Waals surface area contributed by atoms with Gasteiger partial charge < -0.3 is 10.3 Å². The lowest BCUT2D eigenvalue weighted by Crippen LogP contribution is -2.31. The summed E-state index contributed by atoms with van der Waals surface area (Å²) in [7, 11) is 0. The third kappa shape index (κ3) is 2.81. The van der Waals surface area contributed by atoms with E-state index in [1.807, 2.05) is 60.8 Å². The molecule has 27 heavy (non-hydrogen) atoms. The van der Waals surface area contributed by atoms with Crippen LogP contribution in [0, 0.1) is 0 Å². The number of nitrogens with zero attached hydrogens (tertiary/aromatic N) is 3. The van der Waals surface area contributed by atoms with Crippen molar-refractivity contribution in [3.05, 3.63) is 78.2 Å². The average molecular weight is 355 g/mol. The standard InChI is InChI=1S/C21H17N5O/c27-21-16-13-19(24-18(16)7-10-23-21)15-6-9-22-20(12-15)26-11-8-17(25-26)14-4-2-1-3-5-14/h1-6,8-9,11-13,24H,7,10H2,(H,23,27). The summed E-state index contributed by atoms with van der Waals surface area (Å²) in [4.78, 5) is 19.8. The largest absolute Gasteiger partial charge is 0.358 e. The van der Waals surface area contributed by atoms with Crippen LogP contribution in [0.3, 0.4) is 0 Å². The maximum Gasteiger partial charge on any atom is 0.253 e. The van der Waals surface area contributed by atoms with Gasteiger partial charge in [-0.1, -0.05) is 30.3 Å². The number of pyridine rings is 1. The zero-order chi connectivity index (χ0) is 18.2. The van der Waals surface area contributed by atoms with Crippen molar-refractivity contribution >= 4 is 5.91 Å². The van der Waals surface area contributed by atoms with Crippen LogP contribution in [0.25, 0.3) is 28.3 Å². The van der Waals surface area contributed by atoms with Gasteiger partial charge >= 0.3 is 0 Å². The van der Waals surface area contributed by atoms with E-state index in [2.05, 4.69) is 20.4 Å². The lowest BCUT2D eigenvalue weighted by atomic mass is 10.1. The first-order valence-electron chi connectivity index (χ1n) is 8.86. The molecule has 2 N–H and O–H groups in total. The molecule has 1 amide bonds. The number of carbonyl (C=O) groups excluding carboxylic acids is 1. The highest BCUT2D eigenvalue weighted by molar-refractivity contribution is 5.97. The van der Waals surface area contributed by atoms with Gasteiger partial charge in [-0.3, -0.25) is 4.79 Å². The van der Waals surface area contributed by atoms with Crippen molar-refractivity contribution in [3.8, 4) is 28.3 Å². The van der Waals surface area contributed by atoms with E-state index in [1.165, 1.54) is 0 Å². The Morgan fingerprint density at radius 3 is 2.74 bits per heavy atom. The summed E-state index contributed by atoms with van der Waals surface area (Å²) in [6.45, 7) is 0.670. The van der Waals surface area contributed by atoms with E-state index in [1.54, 1.807) is 10.9 Å². The first-order valence-corrected chi connectivity index (χ1v) is 8.86. The number of fused-ring (bicyclic) bond motifs is 1. The Hall–Kier alpha value is -3.67. The van der Waals surface area contributed by atoms with Crippen molar-refractivity contribution in [2.45, 2.75) is 6.42 Å². The van der Waals surface area contributed by atoms with Gasteiger partial charge in [0.2, 0.25) is 0 Å². The van der Waals surface area contributed by atoms with E-state index >= 15 is 0 Å². The number of carbonyl (C=O) groups is 1. The number of hydrogen-bond acceptors (Lipinski definition) is 3. The van der Waals surface area contributed by atoms with Crippen LogP contribution < -0.4 is 5.32 Å². The summed E-state index contributed by atoms with van der Waals surface area (Å²) >= 11 is 0. The molecule has 4 aromatic rings. The fourth-order valence-electron chi connectivity index (χ4n) is 3.37. The predicted molar refractivity (Wildman–Crippen MR) is 103 cm³/mol. The number of aromatic nitrogens is 4. The monoisotopic (exact) mass is 355 g/mol. The van der Waals surface area contributed by atoms with Crippen molar-refractivity contribution in [2.75, 3.05) is 6.54 Å². The van der Waals surface area contributed by atoms with Crippen LogP contribution in [0.5, 0.6) is 0 Å². The zero-order valence-corrected chi connectivity index (χ0v) is 14.5. The van der Waals surface area contributed by atoms with Crippen LogP contribution in [0.1, 0.15) is 16.1 Å². The van der Waals surface area contributed by atoms with Gasteiger partial charge in [-0.05, 0) is 24.3 Å². The Morgan fingerprint density at radius 1 is 1.00 bits per heavy atom. The summed E-state index contributed by atoms with van der Waals surface area (Å²) in [6.07, 6.45) is 4.48. The van der Waals surface area contributed by atoms with E-state index < -0.39 is 0 Å². The smallest absolute Gasteiger partial charge is 0.253 e. The lowest BCUT2D eigenvalue weighted by molar-refractivity contribution is 0.0946. The number of rotatable bonds is 3. The molecule has 3 aromatic heterocycles. The highest BCUT2D eigenvalue weighted by Crippen LogP contribution is 2.25. The van der Waals surface area contributed by atoms with Gasteiger partial charge in [-0.15, -0.1) is 0 Å². The molecule has 0 fully saturated rings. The molecule has 4 heterocycles. The molecule has 0 aliphatic carbocycles. The van der Waals surface area contributed by atoms with E-state index in [0.717, 1.165) is 46.0 Å². The van der Waals surface area contributed by atoms with Gasteiger partial charge in [0.1, 0.15) is 0 Å². The van der Waals surface area contributed by atoms with Gasteiger partial charge in [0.15, 0.2) is 5.82 Å². The second-order valence-electron chi connectivity index (χ2n) is 6.50. The molecule has 0 saturated heterocycles. The van der Waals surface area contributed by atoms with Crippen molar-refractivity contribution in [1.82, 2.24) is 25.1 Å². The topological polar surface area (TPSA) is 75.6 Å². The SMILES string of the molecule is O=C1NCCc2[nH]c(-c3ccnc(-n4ccc(-c5ccccc5)n4)c3)cc21. The minimum atomic E-state index is -0.0207. The summed E-state index contributed by atoms with van der Waals surface area (Å²) in [5.74, 6) is 0.708. The third-order valence-corrected chi connectivity index (χ3v) is 4.75. The zero-order valence-electron chi connectivity index (χ0n) is 14.5. The molecule has 0 spiro atoms. The fourth-order valence-corrected chi connectivity index (χ4v) is 3.37. The van der Waals surface area contributed by atoms with Gasteiger partial charge in [-0.2, -0.15) is 5.10 Å². The van der Waals surface area contributed by atoms with Gasteiger partial charge in [0, 0.05) is 47.9 Å². The molecular formula is C21H17N5O. The van der Waals surface area contributed by atoms with E-state index in [0.29, 0.717) is 6.54 Å². The average Bonchev–Trinajstić information content (AvgIpc) is 3.37. The van der Waals surface area contributed by atoms with Gasteiger partial charge in [0.25, 0.3) is 5.91 Å². The minimum absolute atomic E-state index is 0.0207. The van der Waals surface area contributed by atoms with Gasteiger partial charge in [0.05, 0.1) is 11.3 Å². The van der Waals surface area contributed by atoms with E-state index in [-0.39, 0.29) is 5.91 Å². The Labute approximate surface area is 155 Å². The number of aromatic amines is 1. The highest BCUT2D eigenvalue weighted by Gasteiger charge is 2.20. The molecule has 132 valence electrons. The highest BCUT2D eigenvalue weighted by atomic mass is 16.1. The lowest BCUT2D eigenvalue weighted by Gasteiger charge is -2.10. The molecule has 0 radical (unpaired) electrons. The molecule has 1 aliphatic heterocycles. The molecule has 1 aliphatic rings. The van der Waals surface area contributed by atoms with Crippen LogP contribution in [0.15, 0.2) is 67.0 Å². The predicted octanol–water partition coefficient (Wildman–Crippen LogP) is 3.22. The second kappa shape index (κ2) is 6.25. The Kier molecular flexibility index (Phi) is 3.60. The van der Waals surface area contributed by atoms with E-state index in [4.69, 9.17) is 0 Å². The summed E-state index contributed by atoms with van der Waals surface area (Å²) in [5.41, 5.74) is 5.55. The Balaban J connectivity index is 1.50. The molecule has 6 nitrogen and oxygen atoms in total. The van der Waals surface area contributed by atoms with Crippen molar-refractivity contribution in [1.29, 1.82) is 0 Å². The molecule has 5 rings (SSSR count). The number of benzene rings is 1. The van der Waals surface area contributed by atoms with Crippen molar-refractivity contribution in [2.24, 2.45) is 0 Å². The molecule has 0 bridgehead atoms. The molecular weight excluding hydrogens is 338 g/mol. The number of amides is 1. The quantitative estimate of drug-likeness (QED) is 0.592. The minimum Gasteiger partial charge on any atom is -0.358 e. The molecule has 1 aromatic carbocycles. The van der Waals surface area contributed by atoms with Crippen LogP contribution >= 0.6 is 0 Å². The molecule has 0 atom stereocenters. The first-order chi connectivity index (χ1) is 13.3. The first kappa shape index (κ1) is 15.6. The van der Waals surface area contributed by atoms with Crippen molar-refractivity contribution < 1.29 is 4.79 Å². The number of hydrogen-bond donors (Lipinski definition) is 2. The summed E-state index contributed by atoms with van der Waals surface area (Å²) in [5, 5.41) is 7.52. The Morgan fingerprint density at radius 2 is 1.89 bits per heavy atom. The summed E-state index contributed by atoms with van der Waals surface area (Å²) < 4.78 is 1.77. The summed E-state index contributed by atoms with van der Waals surface area (Å²) in [6, 6.07) is 17.8.